The first kappa shape index (κ1) is 22.7. The third-order valence-corrected chi connectivity index (χ3v) is 6.36. The van der Waals surface area contributed by atoms with Crippen LogP contribution in [0.15, 0.2) is 72.8 Å². The van der Waals surface area contributed by atoms with Crippen molar-refractivity contribution in [3.63, 3.8) is 0 Å². The van der Waals surface area contributed by atoms with Crippen LogP contribution in [0.2, 0.25) is 0 Å². The molecule has 5 heteroatoms. The van der Waals surface area contributed by atoms with Gasteiger partial charge in [0.2, 0.25) is 0 Å². The predicted octanol–water partition coefficient (Wildman–Crippen LogP) is 4.95. The Hall–Kier alpha value is -3.44. The van der Waals surface area contributed by atoms with E-state index in [1.807, 2.05) is 37.3 Å². The Labute approximate surface area is 195 Å². The van der Waals surface area contributed by atoms with E-state index >= 15 is 0 Å². The van der Waals surface area contributed by atoms with Crippen LogP contribution in [0.1, 0.15) is 50.2 Å². The maximum atomic E-state index is 12.9. The second-order valence-corrected chi connectivity index (χ2v) is 8.80. The Morgan fingerprint density at radius 2 is 1.52 bits per heavy atom. The minimum absolute atomic E-state index is 0.0948. The Kier molecular flexibility index (Phi) is 7.20. The van der Waals surface area contributed by atoms with Crippen molar-refractivity contribution in [2.45, 2.75) is 39.3 Å². The van der Waals surface area contributed by atoms with Crippen molar-refractivity contribution in [1.82, 2.24) is 10.2 Å². The Morgan fingerprint density at radius 3 is 2.24 bits per heavy atom. The fourth-order valence-corrected chi connectivity index (χ4v) is 4.21. The summed E-state index contributed by atoms with van der Waals surface area (Å²) in [5.74, 6) is -0.278. The highest BCUT2D eigenvalue weighted by molar-refractivity contribution is 6.05. The molecule has 0 bridgehead atoms. The summed E-state index contributed by atoms with van der Waals surface area (Å²) in [7, 11) is 0. The van der Waals surface area contributed by atoms with E-state index in [0.717, 1.165) is 38.0 Å². The van der Waals surface area contributed by atoms with Gasteiger partial charge in [0.05, 0.1) is 0 Å². The van der Waals surface area contributed by atoms with Crippen molar-refractivity contribution in [1.29, 1.82) is 0 Å². The predicted molar refractivity (Wildman–Crippen MR) is 133 cm³/mol. The molecule has 0 aromatic heterocycles. The van der Waals surface area contributed by atoms with Crippen LogP contribution in [0.4, 0.5) is 5.69 Å². The molecule has 4 rings (SSSR count). The minimum Gasteiger partial charge on any atom is -0.349 e. The van der Waals surface area contributed by atoms with Crippen LogP contribution in [0, 0.1) is 13.8 Å². The van der Waals surface area contributed by atoms with Crippen molar-refractivity contribution < 1.29 is 9.59 Å². The van der Waals surface area contributed by atoms with Gasteiger partial charge in [0.15, 0.2) is 0 Å². The van der Waals surface area contributed by atoms with Gasteiger partial charge in [0.1, 0.15) is 0 Å². The molecule has 170 valence electrons. The van der Waals surface area contributed by atoms with Gasteiger partial charge in [-0.05, 0) is 67.6 Å². The molecule has 1 fully saturated rings. The third kappa shape index (κ3) is 5.88. The van der Waals surface area contributed by atoms with Gasteiger partial charge in [-0.3, -0.25) is 14.5 Å². The van der Waals surface area contributed by atoms with Gasteiger partial charge in [0.25, 0.3) is 11.8 Å². The number of hydrogen-bond acceptors (Lipinski definition) is 3. The Balaban J connectivity index is 1.33. The van der Waals surface area contributed by atoms with Crippen LogP contribution in [0.25, 0.3) is 0 Å². The number of anilines is 1. The zero-order valence-electron chi connectivity index (χ0n) is 19.3. The SMILES string of the molecule is Cc1ccccc1CN1CCC(NC(=O)c2ccc(C)c(NC(=O)c3ccccc3)c2)CC1. The van der Waals surface area contributed by atoms with Crippen molar-refractivity contribution in [3.05, 3.63) is 101 Å². The molecule has 1 heterocycles. The maximum Gasteiger partial charge on any atom is 0.255 e. The summed E-state index contributed by atoms with van der Waals surface area (Å²) in [6.45, 7) is 6.96. The Morgan fingerprint density at radius 1 is 0.818 bits per heavy atom. The van der Waals surface area contributed by atoms with Crippen LogP contribution in [0.3, 0.4) is 0 Å². The Bertz CT molecular complexity index is 1120. The molecule has 1 saturated heterocycles. The number of aryl methyl sites for hydroxylation is 2. The number of likely N-dealkylation sites (tertiary alicyclic amines) is 1. The number of piperidine rings is 1. The molecule has 3 aromatic rings. The fourth-order valence-electron chi connectivity index (χ4n) is 4.21. The van der Waals surface area contributed by atoms with E-state index in [0.29, 0.717) is 16.8 Å². The molecule has 0 atom stereocenters. The van der Waals surface area contributed by atoms with Gasteiger partial charge >= 0.3 is 0 Å². The molecule has 33 heavy (non-hydrogen) atoms. The molecule has 3 aromatic carbocycles. The number of benzene rings is 3. The number of carbonyl (C=O) groups excluding carboxylic acids is 2. The molecule has 0 spiro atoms. The monoisotopic (exact) mass is 441 g/mol. The van der Waals surface area contributed by atoms with Crippen molar-refractivity contribution >= 4 is 17.5 Å². The summed E-state index contributed by atoms with van der Waals surface area (Å²) >= 11 is 0. The molecular weight excluding hydrogens is 410 g/mol. The maximum absolute atomic E-state index is 12.9. The number of nitrogens with zero attached hydrogens (tertiary/aromatic N) is 1. The van der Waals surface area contributed by atoms with Crippen LogP contribution in [0.5, 0.6) is 0 Å². The molecule has 0 saturated carbocycles. The molecular formula is C28H31N3O2. The average Bonchev–Trinajstić information content (AvgIpc) is 2.83. The first-order chi connectivity index (χ1) is 16.0. The normalized spacial score (nSPS) is 14.6. The average molecular weight is 442 g/mol. The van der Waals surface area contributed by atoms with Crippen LogP contribution >= 0.6 is 0 Å². The minimum atomic E-state index is -0.183. The number of nitrogens with one attached hydrogen (secondary N) is 2. The van der Waals surface area contributed by atoms with E-state index in [2.05, 4.69) is 46.7 Å². The second-order valence-electron chi connectivity index (χ2n) is 8.80. The number of amides is 2. The molecule has 1 aliphatic rings. The van der Waals surface area contributed by atoms with Gasteiger partial charge in [-0.2, -0.15) is 0 Å². The molecule has 0 unspecified atom stereocenters. The largest absolute Gasteiger partial charge is 0.349 e. The fraction of sp³-hybridized carbons (Fsp3) is 0.286. The van der Waals surface area contributed by atoms with Gasteiger partial charge in [-0.1, -0.05) is 48.5 Å². The molecule has 0 radical (unpaired) electrons. The molecule has 1 aliphatic heterocycles. The highest BCUT2D eigenvalue weighted by Gasteiger charge is 2.22. The molecule has 2 N–H and O–H groups in total. The van der Waals surface area contributed by atoms with Crippen molar-refractivity contribution in [2.75, 3.05) is 18.4 Å². The van der Waals surface area contributed by atoms with Crippen LogP contribution < -0.4 is 10.6 Å². The third-order valence-electron chi connectivity index (χ3n) is 6.36. The number of hydrogen-bond donors (Lipinski definition) is 2. The molecule has 0 aliphatic carbocycles. The zero-order valence-corrected chi connectivity index (χ0v) is 19.3. The second kappa shape index (κ2) is 10.5. The standard InChI is InChI=1S/C28H31N3O2/c1-20-8-6-7-11-24(20)19-31-16-14-25(15-17-31)29-28(33)23-13-12-21(2)26(18-23)30-27(32)22-9-4-3-5-10-22/h3-13,18,25H,14-17,19H2,1-2H3,(H,29,33)(H,30,32). The summed E-state index contributed by atoms with van der Waals surface area (Å²) in [5, 5.41) is 6.12. The lowest BCUT2D eigenvalue weighted by Gasteiger charge is -2.32. The highest BCUT2D eigenvalue weighted by Crippen LogP contribution is 2.20. The first-order valence-electron chi connectivity index (χ1n) is 11.5. The van der Waals surface area contributed by atoms with Crippen LogP contribution in [-0.4, -0.2) is 35.8 Å². The van der Waals surface area contributed by atoms with E-state index < -0.39 is 0 Å². The zero-order chi connectivity index (χ0) is 23.2. The summed E-state index contributed by atoms with van der Waals surface area (Å²) in [6, 6.07) is 23.2. The van der Waals surface area contributed by atoms with E-state index in [1.165, 1.54) is 11.1 Å². The summed E-state index contributed by atoms with van der Waals surface area (Å²) in [4.78, 5) is 27.9. The first-order valence-corrected chi connectivity index (χ1v) is 11.5. The molecule has 2 amide bonds. The van der Waals surface area contributed by atoms with Gasteiger partial charge in [0, 0.05) is 42.5 Å². The number of carbonyl (C=O) groups is 2. The summed E-state index contributed by atoms with van der Waals surface area (Å²) in [5.41, 5.74) is 5.41. The van der Waals surface area contributed by atoms with Crippen LogP contribution in [-0.2, 0) is 6.54 Å². The number of rotatable bonds is 6. The highest BCUT2D eigenvalue weighted by atomic mass is 16.2. The topological polar surface area (TPSA) is 61.4 Å². The van der Waals surface area contributed by atoms with E-state index in [4.69, 9.17) is 0 Å². The smallest absolute Gasteiger partial charge is 0.255 e. The summed E-state index contributed by atoms with van der Waals surface area (Å²) in [6.07, 6.45) is 1.86. The lowest BCUT2D eigenvalue weighted by molar-refractivity contribution is 0.0908. The quantitative estimate of drug-likeness (QED) is 0.569. The van der Waals surface area contributed by atoms with Gasteiger partial charge < -0.3 is 10.6 Å². The van der Waals surface area contributed by atoms with Crippen molar-refractivity contribution in [2.24, 2.45) is 0 Å². The van der Waals surface area contributed by atoms with Gasteiger partial charge in [-0.15, -0.1) is 0 Å². The lowest BCUT2D eigenvalue weighted by Crippen LogP contribution is -2.44. The lowest BCUT2D eigenvalue weighted by atomic mass is 10.0. The van der Waals surface area contributed by atoms with E-state index in [9.17, 15) is 9.59 Å². The van der Waals surface area contributed by atoms with E-state index in [1.54, 1.807) is 18.2 Å². The van der Waals surface area contributed by atoms with Crippen molar-refractivity contribution in [3.8, 4) is 0 Å². The summed E-state index contributed by atoms with van der Waals surface area (Å²) < 4.78 is 0. The molecule has 5 nitrogen and oxygen atoms in total. The van der Waals surface area contributed by atoms with E-state index in [-0.39, 0.29) is 17.9 Å². The van der Waals surface area contributed by atoms with Gasteiger partial charge in [-0.25, -0.2) is 0 Å².